The van der Waals surface area contributed by atoms with E-state index in [1.165, 1.54) is 12.0 Å². The molecule has 0 unspecified atom stereocenters. The molecule has 1 aliphatic heterocycles. The van der Waals surface area contributed by atoms with Crippen LogP contribution in [0.4, 0.5) is 0 Å². The van der Waals surface area contributed by atoms with Gasteiger partial charge < -0.3 is 35.8 Å². The van der Waals surface area contributed by atoms with E-state index < -0.39 is 37.3 Å². The van der Waals surface area contributed by atoms with Gasteiger partial charge in [0.05, 0.1) is 19.8 Å². The number of carbonyl (C=O) groups is 2. The molecule has 11 heteroatoms. The Balaban J connectivity index is 1.65. The van der Waals surface area contributed by atoms with E-state index in [9.17, 15) is 30.0 Å². The molecule has 11 nitrogen and oxygen atoms in total. The molecule has 1 saturated heterocycles. The zero-order valence-electron chi connectivity index (χ0n) is 20.0. The molecule has 2 amide bonds. The number of carbonyl (C=O) groups excluding carboxylic acids is 2. The lowest BCUT2D eigenvalue weighted by Gasteiger charge is -2.43. The minimum Gasteiger partial charge on any atom is -0.394 e. The summed E-state index contributed by atoms with van der Waals surface area (Å²) in [5, 5.41) is 47.1. The Morgan fingerprint density at radius 2 is 1.58 bits per heavy atom. The van der Waals surface area contributed by atoms with Crippen molar-refractivity contribution in [2.75, 3.05) is 19.7 Å². The Morgan fingerprint density at radius 3 is 2.22 bits per heavy atom. The van der Waals surface area contributed by atoms with Gasteiger partial charge in [0.2, 0.25) is 5.91 Å². The fourth-order valence-corrected chi connectivity index (χ4v) is 3.72. The maximum Gasteiger partial charge on any atom is 0.251 e. The minimum atomic E-state index is -1.54. The number of nitrogens with one attached hydrogen (secondary N) is 2. The van der Waals surface area contributed by atoms with E-state index in [1.807, 2.05) is 30.3 Å². The van der Waals surface area contributed by atoms with E-state index in [4.69, 9.17) is 9.57 Å². The zero-order valence-corrected chi connectivity index (χ0v) is 20.0. The number of hydrogen-bond donors (Lipinski definition) is 6. The van der Waals surface area contributed by atoms with Crippen molar-refractivity contribution in [3.63, 3.8) is 0 Å². The van der Waals surface area contributed by atoms with E-state index in [-0.39, 0.29) is 25.0 Å². The second kappa shape index (κ2) is 13.4. The van der Waals surface area contributed by atoms with Crippen molar-refractivity contribution < 1.29 is 39.6 Å². The van der Waals surface area contributed by atoms with Crippen molar-refractivity contribution in [3.05, 3.63) is 71.3 Å². The molecule has 0 spiro atoms. The minimum absolute atomic E-state index is 0.0618. The van der Waals surface area contributed by atoms with Gasteiger partial charge in [0.1, 0.15) is 24.4 Å². The van der Waals surface area contributed by atoms with E-state index in [2.05, 4.69) is 10.6 Å². The number of nitrogens with zero attached hydrogens (tertiary/aromatic N) is 1. The SMILES string of the molecule is CC(=O)NCCNC(=O)c1ccc(CON(Cc2ccccc2)[C@@H]2O[C@H](CO)[C@@H](O)[C@H](O)[C@H]2O)cc1. The van der Waals surface area contributed by atoms with E-state index >= 15 is 0 Å². The third-order valence-electron chi connectivity index (χ3n) is 5.73. The number of aliphatic hydroxyl groups excluding tert-OH is 4. The summed E-state index contributed by atoms with van der Waals surface area (Å²) in [7, 11) is 0. The first-order valence-electron chi connectivity index (χ1n) is 11.7. The number of benzene rings is 2. The number of aliphatic hydroxyl groups is 4. The molecule has 1 fully saturated rings. The van der Waals surface area contributed by atoms with Crippen LogP contribution in [-0.4, -0.2) is 87.6 Å². The van der Waals surface area contributed by atoms with Crippen LogP contribution in [0, 0.1) is 0 Å². The highest BCUT2D eigenvalue weighted by Gasteiger charge is 2.46. The summed E-state index contributed by atoms with van der Waals surface area (Å²) in [6, 6.07) is 16.0. The Morgan fingerprint density at radius 1 is 0.917 bits per heavy atom. The van der Waals surface area contributed by atoms with E-state index in [0.29, 0.717) is 18.7 Å². The molecule has 2 aromatic rings. The number of amides is 2. The molecular formula is C25H33N3O8. The molecule has 0 aliphatic carbocycles. The summed E-state index contributed by atoms with van der Waals surface area (Å²) in [6.07, 6.45) is -6.73. The monoisotopic (exact) mass is 503 g/mol. The average molecular weight is 504 g/mol. The number of hydrogen-bond acceptors (Lipinski definition) is 9. The Labute approximate surface area is 209 Å². The number of ether oxygens (including phenoxy) is 1. The summed E-state index contributed by atoms with van der Waals surface area (Å²) < 4.78 is 5.68. The van der Waals surface area contributed by atoms with Gasteiger partial charge in [0.25, 0.3) is 5.91 Å². The molecule has 196 valence electrons. The molecule has 5 atom stereocenters. The van der Waals surface area contributed by atoms with Gasteiger partial charge in [-0.3, -0.25) is 14.4 Å². The highest BCUT2D eigenvalue weighted by Crippen LogP contribution is 2.26. The van der Waals surface area contributed by atoms with Crippen LogP contribution in [0.5, 0.6) is 0 Å². The Bertz CT molecular complexity index is 973. The van der Waals surface area contributed by atoms with Gasteiger partial charge in [0, 0.05) is 25.6 Å². The summed E-state index contributed by atoms with van der Waals surface area (Å²) in [6.45, 7) is 1.75. The Kier molecular flexibility index (Phi) is 10.3. The van der Waals surface area contributed by atoms with Gasteiger partial charge in [-0.05, 0) is 23.3 Å². The van der Waals surface area contributed by atoms with Crippen molar-refractivity contribution in [2.24, 2.45) is 0 Å². The van der Waals surface area contributed by atoms with Crippen LogP contribution >= 0.6 is 0 Å². The van der Waals surface area contributed by atoms with Gasteiger partial charge in [-0.25, -0.2) is 0 Å². The normalized spacial score (nSPS) is 23.9. The molecule has 1 heterocycles. The van der Waals surface area contributed by atoms with Gasteiger partial charge in [-0.15, -0.1) is 0 Å². The largest absolute Gasteiger partial charge is 0.394 e. The van der Waals surface area contributed by atoms with Crippen LogP contribution in [0.1, 0.15) is 28.4 Å². The molecule has 1 aliphatic rings. The van der Waals surface area contributed by atoms with Crippen molar-refractivity contribution in [3.8, 4) is 0 Å². The first-order chi connectivity index (χ1) is 17.3. The third kappa shape index (κ3) is 7.55. The van der Waals surface area contributed by atoms with Crippen molar-refractivity contribution in [2.45, 2.75) is 50.7 Å². The summed E-state index contributed by atoms with van der Waals surface area (Å²) in [5.74, 6) is -0.446. The quantitative estimate of drug-likeness (QED) is 0.172. The second-order valence-corrected chi connectivity index (χ2v) is 8.49. The first kappa shape index (κ1) is 27.7. The van der Waals surface area contributed by atoms with Gasteiger partial charge in [-0.2, -0.15) is 5.06 Å². The molecule has 6 N–H and O–H groups in total. The maximum atomic E-state index is 12.3. The smallest absolute Gasteiger partial charge is 0.251 e. The van der Waals surface area contributed by atoms with E-state index in [1.54, 1.807) is 24.3 Å². The molecule has 0 aromatic heterocycles. The molecule has 36 heavy (non-hydrogen) atoms. The molecule has 0 bridgehead atoms. The number of hydroxylamine groups is 2. The van der Waals surface area contributed by atoms with Crippen LogP contribution in [-0.2, 0) is 27.5 Å². The number of rotatable bonds is 11. The third-order valence-corrected chi connectivity index (χ3v) is 5.73. The lowest BCUT2D eigenvalue weighted by Crippen LogP contribution is -2.62. The maximum absolute atomic E-state index is 12.3. The first-order valence-corrected chi connectivity index (χ1v) is 11.7. The lowest BCUT2D eigenvalue weighted by molar-refractivity contribution is -0.342. The predicted molar refractivity (Wildman–Crippen MR) is 128 cm³/mol. The fraction of sp³-hybridized carbons (Fsp3) is 0.440. The lowest BCUT2D eigenvalue weighted by atomic mass is 9.98. The second-order valence-electron chi connectivity index (χ2n) is 8.49. The van der Waals surface area contributed by atoms with Crippen LogP contribution < -0.4 is 10.6 Å². The van der Waals surface area contributed by atoms with Crippen molar-refractivity contribution in [1.29, 1.82) is 0 Å². The fourth-order valence-electron chi connectivity index (χ4n) is 3.72. The van der Waals surface area contributed by atoms with Crippen molar-refractivity contribution in [1.82, 2.24) is 15.7 Å². The van der Waals surface area contributed by atoms with Gasteiger partial charge in [0.15, 0.2) is 6.23 Å². The van der Waals surface area contributed by atoms with Crippen LogP contribution in [0.15, 0.2) is 54.6 Å². The molecule has 0 radical (unpaired) electrons. The molecule has 0 saturated carbocycles. The van der Waals surface area contributed by atoms with Crippen LogP contribution in [0.25, 0.3) is 0 Å². The van der Waals surface area contributed by atoms with Gasteiger partial charge >= 0.3 is 0 Å². The Hall–Kier alpha value is -2.90. The standard InChI is InChI=1S/C25H33N3O8/c1-16(30)26-11-12-27-24(34)19-9-7-18(8-10-19)15-35-28(13-17-5-3-2-4-6-17)25-23(33)22(32)21(31)20(14-29)36-25/h2-10,20-23,25,29,31-33H,11-15H2,1H3,(H,26,30)(H,27,34)/t20-,21-,22+,23-,25-/m1/s1. The van der Waals surface area contributed by atoms with Crippen molar-refractivity contribution >= 4 is 11.8 Å². The molecular weight excluding hydrogens is 470 g/mol. The highest BCUT2D eigenvalue weighted by atomic mass is 16.7. The zero-order chi connectivity index (χ0) is 26.1. The van der Waals surface area contributed by atoms with E-state index in [0.717, 1.165) is 11.1 Å². The topological polar surface area (TPSA) is 161 Å². The van der Waals surface area contributed by atoms with Crippen LogP contribution in [0.3, 0.4) is 0 Å². The van der Waals surface area contributed by atoms with Gasteiger partial charge in [-0.1, -0.05) is 42.5 Å². The van der Waals surface area contributed by atoms with Crippen LogP contribution in [0.2, 0.25) is 0 Å². The average Bonchev–Trinajstić information content (AvgIpc) is 2.88. The predicted octanol–water partition coefficient (Wildman–Crippen LogP) is -0.714. The molecule has 2 aromatic carbocycles. The summed E-state index contributed by atoms with van der Waals surface area (Å²) in [4.78, 5) is 29.1. The summed E-state index contributed by atoms with van der Waals surface area (Å²) >= 11 is 0. The highest BCUT2D eigenvalue weighted by molar-refractivity contribution is 5.94. The summed E-state index contributed by atoms with van der Waals surface area (Å²) in [5.41, 5.74) is 2.02. The molecule has 3 rings (SSSR count).